The molecule has 1 amide bonds. The smallest absolute Gasteiger partial charge is 0.344 e. The van der Waals surface area contributed by atoms with Gasteiger partial charge in [-0.2, -0.15) is 13.2 Å². The van der Waals surface area contributed by atoms with Crippen molar-refractivity contribution in [3.63, 3.8) is 0 Å². The number of benzene rings is 1. The molecular weight excluding hydrogens is 195 g/mol. The zero-order chi connectivity index (χ0) is 10.6. The lowest BCUT2D eigenvalue weighted by molar-refractivity contribution is -0.137. The zero-order valence-electron chi connectivity index (χ0n) is 7.06. The summed E-state index contributed by atoms with van der Waals surface area (Å²) in [5, 5.41) is 2.24. The molecule has 1 N–H and O–H groups in total. The molecule has 1 aromatic rings. The molecule has 14 heavy (non-hydrogen) atoms. The number of nitrogens with one attached hydrogen (secondary N) is 1. The Kier molecular flexibility index (Phi) is 3.11. The largest absolute Gasteiger partial charge is 0.416 e. The van der Waals surface area contributed by atoms with Crippen molar-refractivity contribution in [1.29, 1.82) is 0 Å². The van der Waals surface area contributed by atoms with E-state index >= 15 is 0 Å². The van der Waals surface area contributed by atoms with Crippen LogP contribution in [0.4, 0.5) is 13.2 Å². The fraction of sp³-hybridized carbons (Fsp3) is 0.222. The summed E-state index contributed by atoms with van der Waals surface area (Å²) in [6, 6.07) is 4.57. The average molecular weight is 202 g/mol. The van der Waals surface area contributed by atoms with Gasteiger partial charge in [0.15, 0.2) is 0 Å². The first-order valence-electron chi connectivity index (χ1n) is 3.80. The van der Waals surface area contributed by atoms with Gasteiger partial charge in [0.05, 0.1) is 5.56 Å². The number of hydrogen-bond acceptors (Lipinski definition) is 1. The highest BCUT2D eigenvalue weighted by Crippen LogP contribution is 2.28. The molecular formula is C9H7F3NO. The van der Waals surface area contributed by atoms with Gasteiger partial charge in [0.1, 0.15) is 0 Å². The quantitative estimate of drug-likeness (QED) is 0.745. The van der Waals surface area contributed by atoms with E-state index in [0.717, 1.165) is 12.1 Å². The Morgan fingerprint density at radius 3 is 2.21 bits per heavy atom. The molecule has 0 aliphatic heterocycles. The Morgan fingerprint density at radius 1 is 1.21 bits per heavy atom. The van der Waals surface area contributed by atoms with E-state index in [4.69, 9.17) is 0 Å². The Morgan fingerprint density at radius 2 is 1.79 bits per heavy atom. The van der Waals surface area contributed by atoms with E-state index in [2.05, 4.69) is 5.32 Å². The fourth-order valence-corrected chi connectivity index (χ4v) is 0.950. The van der Waals surface area contributed by atoms with Crippen molar-refractivity contribution in [1.82, 2.24) is 5.32 Å². The predicted octanol–water partition coefficient (Wildman–Crippen LogP) is 1.86. The van der Waals surface area contributed by atoms with E-state index < -0.39 is 11.7 Å². The van der Waals surface area contributed by atoms with Crippen molar-refractivity contribution >= 4 is 6.41 Å². The molecule has 0 bridgehead atoms. The van der Waals surface area contributed by atoms with Gasteiger partial charge in [-0.25, -0.2) is 0 Å². The first-order chi connectivity index (χ1) is 6.54. The van der Waals surface area contributed by atoms with Crippen molar-refractivity contribution in [3.8, 4) is 0 Å². The summed E-state index contributed by atoms with van der Waals surface area (Å²) in [5.74, 6) is 0. The van der Waals surface area contributed by atoms with Crippen molar-refractivity contribution in [2.24, 2.45) is 0 Å². The van der Waals surface area contributed by atoms with Crippen LogP contribution in [0.25, 0.3) is 0 Å². The SMILES string of the molecule is O=[C]NCc1ccc(C(F)(F)F)cc1. The van der Waals surface area contributed by atoms with Crippen molar-refractivity contribution in [2.45, 2.75) is 12.7 Å². The normalized spacial score (nSPS) is 11.1. The van der Waals surface area contributed by atoms with Gasteiger partial charge in [0, 0.05) is 6.54 Å². The molecule has 1 radical (unpaired) electrons. The number of amides is 1. The molecule has 1 rings (SSSR count). The van der Waals surface area contributed by atoms with Crippen LogP contribution in [0, 0.1) is 0 Å². The minimum absolute atomic E-state index is 0.182. The van der Waals surface area contributed by atoms with E-state index in [1.807, 2.05) is 0 Å². The van der Waals surface area contributed by atoms with E-state index in [1.54, 1.807) is 0 Å². The minimum Gasteiger partial charge on any atom is -0.344 e. The first-order valence-corrected chi connectivity index (χ1v) is 3.80. The third-order valence-electron chi connectivity index (χ3n) is 1.65. The highest BCUT2D eigenvalue weighted by Gasteiger charge is 2.29. The lowest BCUT2D eigenvalue weighted by atomic mass is 10.1. The van der Waals surface area contributed by atoms with Crippen LogP contribution in [-0.4, -0.2) is 6.41 Å². The van der Waals surface area contributed by atoms with Gasteiger partial charge >= 0.3 is 12.6 Å². The number of carbonyl (C=O) groups excluding carboxylic acids is 1. The van der Waals surface area contributed by atoms with Crippen LogP contribution in [0.3, 0.4) is 0 Å². The molecule has 1 aromatic carbocycles. The molecule has 75 valence electrons. The van der Waals surface area contributed by atoms with Crippen LogP contribution in [0.15, 0.2) is 24.3 Å². The van der Waals surface area contributed by atoms with E-state index in [9.17, 15) is 18.0 Å². The number of alkyl halides is 3. The summed E-state index contributed by atoms with van der Waals surface area (Å²) in [7, 11) is 0. The Balaban J connectivity index is 2.73. The van der Waals surface area contributed by atoms with E-state index in [0.29, 0.717) is 5.56 Å². The van der Waals surface area contributed by atoms with Gasteiger partial charge in [-0.1, -0.05) is 12.1 Å². The van der Waals surface area contributed by atoms with Gasteiger partial charge < -0.3 is 5.32 Å². The standard InChI is InChI=1S/C9H7F3NO/c10-9(11,12)8-3-1-7(2-4-8)5-13-6-14/h1-4H,5H2,(H,13,14). The second-order valence-electron chi connectivity index (χ2n) is 2.65. The van der Waals surface area contributed by atoms with Gasteiger partial charge in [0.25, 0.3) is 0 Å². The topological polar surface area (TPSA) is 29.1 Å². The molecule has 0 saturated carbocycles. The lowest BCUT2D eigenvalue weighted by Crippen LogP contribution is -2.10. The average Bonchev–Trinajstić information content (AvgIpc) is 2.14. The maximum absolute atomic E-state index is 12.1. The lowest BCUT2D eigenvalue weighted by Gasteiger charge is -2.06. The second kappa shape index (κ2) is 4.13. The molecule has 0 aliphatic rings. The molecule has 0 saturated heterocycles. The third-order valence-corrected chi connectivity index (χ3v) is 1.65. The van der Waals surface area contributed by atoms with Crippen LogP contribution in [0.2, 0.25) is 0 Å². The van der Waals surface area contributed by atoms with Crippen LogP contribution in [0.5, 0.6) is 0 Å². The van der Waals surface area contributed by atoms with E-state index in [1.165, 1.54) is 18.5 Å². The number of rotatable bonds is 3. The van der Waals surface area contributed by atoms with Crippen LogP contribution >= 0.6 is 0 Å². The van der Waals surface area contributed by atoms with Crippen LogP contribution in [0.1, 0.15) is 11.1 Å². The molecule has 0 unspecified atom stereocenters. The molecule has 0 aliphatic carbocycles. The molecule has 0 fully saturated rings. The summed E-state index contributed by atoms with van der Waals surface area (Å²) >= 11 is 0. The summed E-state index contributed by atoms with van der Waals surface area (Å²) in [6.45, 7) is 0.182. The van der Waals surface area contributed by atoms with Crippen molar-refractivity contribution < 1.29 is 18.0 Å². The van der Waals surface area contributed by atoms with Crippen LogP contribution < -0.4 is 5.32 Å². The van der Waals surface area contributed by atoms with E-state index in [-0.39, 0.29) is 6.54 Å². The number of hydrogen-bond donors (Lipinski definition) is 1. The van der Waals surface area contributed by atoms with Gasteiger partial charge in [-0.15, -0.1) is 0 Å². The molecule has 0 aromatic heterocycles. The van der Waals surface area contributed by atoms with Gasteiger partial charge in [0.2, 0.25) is 0 Å². The molecule has 0 heterocycles. The Hall–Kier alpha value is -1.52. The summed E-state index contributed by atoms with van der Waals surface area (Å²) in [5.41, 5.74) is -0.0994. The summed E-state index contributed by atoms with van der Waals surface area (Å²) < 4.78 is 36.3. The predicted molar refractivity (Wildman–Crippen MR) is 44.0 cm³/mol. The van der Waals surface area contributed by atoms with Gasteiger partial charge in [-0.3, -0.25) is 4.79 Å². The molecule has 0 atom stereocenters. The Bertz CT molecular complexity index is 305. The Labute approximate surface area is 78.7 Å². The third kappa shape index (κ3) is 2.76. The number of halogens is 3. The van der Waals surface area contributed by atoms with Gasteiger partial charge in [-0.05, 0) is 17.7 Å². The van der Waals surface area contributed by atoms with Crippen molar-refractivity contribution in [3.05, 3.63) is 35.4 Å². The maximum atomic E-state index is 12.1. The summed E-state index contributed by atoms with van der Waals surface area (Å²) in [4.78, 5) is 9.79. The fourth-order valence-electron chi connectivity index (χ4n) is 0.950. The minimum atomic E-state index is -4.32. The molecule has 2 nitrogen and oxygen atoms in total. The molecule has 5 heteroatoms. The zero-order valence-corrected chi connectivity index (χ0v) is 7.06. The first kappa shape index (κ1) is 10.6. The molecule has 0 spiro atoms. The highest BCUT2D eigenvalue weighted by atomic mass is 19.4. The summed E-state index contributed by atoms with van der Waals surface area (Å²) in [6.07, 6.45) is -2.88. The van der Waals surface area contributed by atoms with Crippen LogP contribution in [-0.2, 0) is 17.5 Å². The second-order valence-corrected chi connectivity index (χ2v) is 2.65. The monoisotopic (exact) mass is 202 g/mol. The maximum Gasteiger partial charge on any atom is 0.416 e. The van der Waals surface area contributed by atoms with Crippen molar-refractivity contribution in [2.75, 3.05) is 0 Å². The highest BCUT2D eigenvalue weighted by molar-refractivity contribution is 5.47.